The highest BCUT2D eigenvalue weighted by Crippen LogP contribution is 2.59. The normalized spacial score (nSPS) is 26.4. The number of rotatable bonds is 15. The number of aliphatic hydroxyl groups excluding tert-OH is 1. The predicted molar refractivity (Wildman–Crippen MR) is 163 cm³/mol. The Balaban J connectivity index is 1.42. The predicted octanol–water partition coefficient (Wildman–Crippen LogP) is 1.56. The van der Waals surface area contributed by atoms with Crippen LogP contribution in [0.3, 0.4) is 0 Å². The number of nitrogens with zero attached hydrogens (tertiary/aromatic N) is 5. The van der Waals surface area contributed by atoms with Gasteiger partial charge < -0.3 is 29.7 Å². The molecule has 0 saturated carbocycles. The Kier molecular flexibility index (Phi) is 9.68. The molecular weight excluding hydrogens is 580 g/mol. The molecular formula is C32H42N6O7. The Morgan fingerprint density at radius 1 is 1.29 bits per heavy atom. The Hall–Kier alpha value is -4.10. The SMILES string of the molecule is C=CCCC(=O)NC[C@@H](C)OC(=O)[C@@H]1[C@H]2C(=O)N([C@@H](CC)CO)[C@H](C(=O)N(CC=C)Cn3nnc4ccccc43)[C@]23CC[C@H]1O3. The number of allylic oxidation sites excluding steroid dienone is 1. The smallest absolute Gasteiger partial charge is 0.312 e. The van der Waals surface area contributed by atoms with E-state index in [2.05, 4.69) is 28.8 Å². The molecule has 1 aromatic heterocycles. The van der Waals surface area contributed by atoms with E-state index in [0.29, 0.717) is 31.2 Å². The molecule has 3 amide bonds. The zero-order valence-electron chi connectivity index (χ0n) is 25.8. The largest absolute Gasteiger partial charge is 0.460 e. The van der Waals surface area contributed by atoms with Crippen LogP contribution in [0.4, 0.5) is 0 Å². The molecule has 7 atom stereocenters. The summed E-state index contributed by atoms with van der Waals surface area (Å²) in [7, 11) is 0. The molecule has 0 radical (unpaired) electrons. The number of carbonyl (C=O) groups excluding carboxylic acids is 4. The van der Waals surface area contributed by atoms with Gasteiger partial charge in [-0.25, -0.2) is 4.68 Å². The molecule has 13 heteroatoms. The first-order valence-electron chi connectivity index (χ1n) is 15.6. The molecule has 2 aromatic rings. The quantitative estimate of drug-likeness (QED) is 0.222. The summed E-state index contributed by atoms with van der Waals surface area (Å²) in [5, 5.41) is 21.5. The maximum atomic E-state index is 14.6. The number of fused-ring (bicyclic) bond motifs is 2. The number of aliphatic hydroxyl groups is 1. The standard InChI is InChI=1S/C32H42N6O7/c1-5-8-13-25(40)33-17-20(4)44-31(43)26-24-14-15-32(45-24)27(26)29(41)38(21(7-3)18-39)28(32)30(42)36(16-6-2)19-37-23-12-10-9-11-22(23)34-35-37/h5-6,9-12,20-21,24,26-28,39H,1-2,7-8,13-19H2,3-4H3,(H,33,40)/t20-,21+,24-,26+,27+,28-,32+/m1/s1. The van der Waals surface area contributed by atoms with Gasteiger partial charge in [0.2, 0.25) is 17.7 Å². The number of para-hydroxylation sites is 1. The van der Waals surface area contributed by atoms with Crippen LogP contribution in [-0.4, -0.2) is 103 Å². The van der Waals surface area contributed by atoms with Crippen molar-refractivity contribution in [1.82, 2.24) is 30.1 Å². The number of likely N-dealkylation sites (tertiary alicyclic amines) is 1. The Morgan fingerprint density at radius 2 is 2.07 bits per heavy atom. The molecule has 2 bridgehead atoms. The van der Waals surface area contributed by atoms with Gasteiger partial charge >= 0.3 is 5.97 Å². The van der Waals surface area contributed by atoms with Crippen LogP contribution >= 0.6 is 0 Å². The average molecular weight is 623 g/mol. The van der Waals surface area contributed by atoms with Crippen molar-refractivity contribution in [2.75, 3.05) is 19.7 Å². The van der Waals surface area contributed by atoms with E-state index >= 15 is 0 Å². The van der Waals surface area contributed by atoms with Gasteiger partial charge in [0.05, 0.1) is 42.6 Å². The van der Waals surface area contributed by atoms with Crippen molar-refractivity contribution >= 4 is 34.7 Å². The molecule has 1 spiro atoms. The Morgan fingerprint density at radius 3 is 2.78 bits per heavy atom. The zero-order valence-corrected chi connectivity index (χ0v) is 25.8. The van der Waals surface area contributed by atoms with E-state index in [9.17, 15) is 24.3 Å². The van der Waals surface area contributed by atoms with Crippen molar-refractivity contribution in [1.29, 1.82) is 0 Å². The number of hydrogen-bond donors (Lipinski definition) is 2. The molecule has 242 valence electrons. The maximum Gasteiger partial charge on any atom is 0.312 e. The van der Waals surface area contributed by atoms with E-state index in [1.165, 1.54) is 4.90 Å². The van der Waals surface area contributed by atoms with E-state index in [-0.39, 0.29) is 44.6 Å². The molecule has 3 saturated heterocycles. The maximum absolute atomic E-state index is 14.6. The summed E-state index contributed by atoms with van der Waals surface area (Å²) in [6.45, 7) is 10.9. The molecule has 45 heavy (non-hydrogen) atoms. The summed E-state index contributed by atoms with van der Waals surface area (Å²) >= 11 is 0. The Labute approximate surface area is 262 Å². The van der Waals surface area contributed by atoms with Crippen LogP contribution in [0.2, 0.25) is 0 Å². The van der Waals surface area contributed by atoms with Crippen LogP contribution in [0.15, 0.2) is 49.6 Å². The highest BCUT2D eigenvalue weighted by molar-refractivity contribution is 5.98. The van der Waals surface area contributed by atoms with Crippen LogP contribution < -0.4 is 5.32 Å². The molecule has 3 aliphatic rings. The third-order valence-corrected chi connectivity index (χ3v) is 9.19. The van der Waals surface area contributed by atoms with Crippen molar-refractivity contribution < 1.29 is 33.8 Å². The Bertz CT molecular complexity index is 1460. The number of esters is 1. The number of hydrogen-bond acceptors (Lipinski definition) is 9. The molecule has 2 N–H and O–H groups in total. The van der Waals surface area contributed by atoms with E-state index in [1.807, 2.05) is 31.2 Å². The molecule has 13 nitrogen and oxygen atoms in total. The van der Waals surface area contributed by atoms with Crippen molar-refractivity contribution in [2.24, 2.45) is 11.8 Å². The second-order valence-electron chi connectivity index (χ2n) is 12.0. The number of carbonyl (C=O) groups is 4. The molecule has 5 rings (SSSR count). The number of aromatic nitrogens is 3. The summed E-state index contributed by atoms with van der Waals surface area (Å²) in [4.78, 5) is 57.5. The number of ether oxygens (including phenoxy) is 2. The van der Waals surface area contributed by atoms with Gasteiger partial charge in [-0.05, 0) is 44.7 Å². The minimum Gasteiger partial charge on any atom is -0.460 e. The second kappa shape index (κ2) is 13.5. The highest BCUT2D eigenvalue weighted by atomic mass is 16.6. The summed E-state index contributed by atoms with van der Waals surface area (Å²) in [5.74, 6) is -3.45. The summed E-state index contributed by atoms with van der Waals surface area (Å²) in [5.41, 5.74) is 0.149. The first-order valence-corrected chi connectivity index (χ1v) is 15.6. The third-order valence-electron chi connectivity index (χ3n) is 9.19. The van der Waals surface area contributed by atoms with E-state index in [0.717, 1.165) is 5.52 Å². The molecule has 0 aliphatic carbocycles. The van der Waals surface area contributed by atoms with Crippen LogP contribution in [0, 0.1) is 11.8 Å². The van der Waals surface area contributed by atoms with Crippen molar-refractivity contribution in [3.8, 4) is 0 Å². The number of benzene rings is 1. The lowest BCUT2D eigenvalue weighted by molar-refractivity contribution is -0.160. The van der Waals surface area contributed by atoms with E-state index < -0.39 is 53.6 Å². The molecule has 1 aromatic carbocycles. The third kappa shape index (κ3) is 5.86. The van der Waals surface area contributed by atoms with Gasteiger partial charge in [0.25, 0.3) is 0 Å². The van der Waals surface area contributed by atoms with Gasteiger partial charge in [0.1, 0.15) is 29.9 Å². The van der Waals surface area contributed by atoms with Gasteiger partial charge in [0, 0.05) is 13.0 Å². The fraction of sp³-hybridized carbons (Fsp3) is 0.562. The molecule has 3 fully saturated rings. The fourth-order valence-electron chi connectivity index (χ4n) is 7.07. The van der Waals surface area contributed by atoms with Gasteiger partial charge in [-0.2, -0.15) is 0 Å². The van der Waals surface area contributed by atoms with Gasteiger partial charge in [-0.15, -0.1) is 18.3 Å². The summed E-state index contributed by atoms with van der Waals surface area (Å²) < 4.78 is 13.9. The lowest BCUT2D eigenvalue weighted by Gasteiger charge is -2.39. The second-order valence-corrected chi connectivity index (χ2v) is 12.0. The fourth-order valence-corrected chi connectivity index (χ4v) is 7.07. The van der Waals surface area contributed by atoms with Crippen LogP contribution in [0.25, 0.3) is 11.0 Å². The lowest BCUT2D eigenvalue weighted by atomic mass is 9.70. The van der Waals surface area contributed by atoms with E-state index in [4.69, 9.17) is 9.47 Å². The lowest BCUT2D eigenvalue weighted by Crippen LogP contribution is -2.58. The average Bonchev–Trinajstić information content (AvgIpc) is 3.79. The van der Waals surface area contributed by atoms with Crippen molar-refractivity contribution in [2.45, 2.75) is 82.5 Å². The highest BCUT2D eigenvalue weighted by Gasteiger charge is 2.75. The number of nitrogens with one attached hydrogen (secondary N) is 1. The first-order chi connectivity index (χ1) is 21.7. The monoisotopic (exact) mass is 622 g/mol. The van der Waals surface area contributed by atoms with Crippen LogP contribution in [0.5, 0.6) is 0 Å². The molecule has 3 aliphatic heterocycles. The van der Waals surface area contributed by atoms with Gasteiger partial charge in [-0.1, -0.05) is 36.4 Å². The summed E-state index contributed by atoms with van der Waals surface area (Å²) in [6.07, 6.45) is 4.09. The minimum atomic E-state index is -1.27. The van der Waals surface area contributed by atoms with Crippen molar-refractivity contribution in [3.05, 3.63) is 49.6 Å². The zero-order chi connectivity index (χ0) is 32.3. The number of amides is 3. The summed E-state index contributed by atoms with van der Waals surface area (Å²) in [6, 6.07) is 5.66. The first kappa shape index (κ1) is 32.3. The molecule has 4 heterocycles. The minimum absolute atomic E-state index is 0.0471. The van der Waals surface area contributed by atoms with E-state index in [1.54, 1.807) is 28.7 Å². The van der Waals surface area contributed by atoms with Crippen LogP contribution in [0.1, 0.15) is 46.0 Å². The van der Waals surface area contributed by atoms with Gasteiger partial charge in [-0.3, -0.25) is 19.2 Å². The van der Waals surface area contributed by atoms with Gasteiger partial charge in [0.15, 0.2) is 0 Å². The van der Waals surface area contributed by atoms with Crippen molar-refractivity contribution in [3.63, 3.8) is 0 Å². The topological polar surface area (TPSA) is 156 Å². The van der Waals surface area contributed by atoms with Crippen LogP contribution in [-0.2, 0) is 35.3 Å². The molecule has 0 unspecified atom stereocenters.